The van der Waals surface area contributed by atoms with Gasteiger partial charge in [0.2, 0.25) is 0 Å². The fourth-order valence-corrected chi connectivity index (χ4v) is 1.65. The number of amides is 1. The SMILES string of the molecule is O=C(Nc1cc(Cl)ccc1C#CCO)c1cncnc1. The Labute approximate surface area is 120 Å². The van der Waals surface area contributed by atoms with Gasteiger partial charge in [-0.1, -0.05) is 23.4 Å². The predicted molar refractivity (Wildman–Crippen MR) is 75.4 cm³/mol. The van der Waals surface area contributed by atoms with Crippen LogP contribution >= 0.6 is 11.6 Å². The number of anilines is 1. The molecule has 20 heavy (non-hydrogen) atoms. The summed E-state index contributed by atoms with van der Waals surface area (Å²) in [5, 5.41) is 11.9. The quantitative estimate of drug-likeness (QED) is 0.825. The molecule has 1 aromatic carbocycles. The van der Waals surface area contributed by atoms with Crippen molar-refractivity contribution in [3.05, 3.63) is 53.1 Å². The summed E-state index contributed by atoms with van der Waals surface area (Å²) in [5.41, 5.74) is 1.36. The van der Waals surface area contributed by atoms with Crippen molar-refractivity contribution in [2.45, 2.75) is 0 Å². The standard InChI is InChI=1S/C14H10ClN3O2/c15-12-4-3-10(2-1-5-19)13(6-12)18-14(20)11-7-16-9-17-8-11/h3-4,6-9,19H,5H2,(H,18,20). The number of hydrogen-bond acceptors (Lipinski definition) is 4. The third-order valence-electron chi connectivity index (χ3n) is 2.35. The van der Waals surface area contributed by atoms with E-state index in [4.69, 9.17) is 16.7 Å². The second-order valence-corrected chi connectivity index (χ2v) is 4.17. The van der Waals surface area contributed by atoms with Gasteiger partial charge in [0.05, 0.1) is 11.3 Å². The van der Waals surface area contributed by atoms with Crippen molar-refractivity contribution in [1.29, 1.82) is 0 Å². The van der Waals surface area contributed by atoms with Gasteiger partial charge >= 0.3 is 0 Å². The van der Waals surface area contributed by atoms with E-state index in [2.05, 4.69) is 27.1 Å². The zero-order valence-corrected chi connectivity index (χ0v) is 11.1. The Hall–Kier alpha value is -2.42. The number of halogens is 1. The number of nitrogens with one attached hydrogen (secondary N) is 1. The molecule has 2 rings (SSSR count). The zero-order valence-electron chi connectivity index (χ0n) is 10.3. The fraction of sp³-hybridized carbons (Fsp3) is 0.0714. The maximum atomic E-state index is 12.0. The minimum absolute atomic E-state index is 0.261. The lowest BCUT2D eigenvalue weighted by molar-refractivity contribution is 0.102. The summed E-state index contributed by atoms with van der Waals surface area (Å²) in [4.78, 5) is 19.6. The summed E-state index contributed by atoms with van der Waals surface area (Å²) in [6, 6.07) is 4.91. The monoisotopic (exact) mass is 287 g/mol. The number of carbonyl (C=O) groups is 1. The first-order valence-electron chi connectivity index (χ1n) is 5.66. The molecule has 0 aliphatic carbocycles. The highest BCUT2D eigenvalue weighted by atomic mass is 35.5. The molecule has 5 nitrogen and oxygen atoms in total. The Kier molecular flexibility index (Phi) is 4.66. The molecular weight excluding hydrogens is 278 g/mol. The molecule has 0 radical (unpaired) electrons. The summed E-state index contributed by atoms with van der Waals surface area (Å²) in [6.07, 6.45) is 4.16. The molecular formula is C14H10ClN3O2. The van der Waals surface area contributed by atoms with Crippen LogP contribution in [0.5, 0.6) is 0 Å². The Bertz CT molecular complexity index is 678. The van der Waals surface area contributed by atoms with E-state index < -0.39 is 0 Å². The molecule has 2 aromatic rings. The van der Waals surface area contributed by atoms with Crippen LogP contribution in [0.25, 0.3) is 0 Å². The first-order valence-corrected chi connectivity index (χ1v) is 6.04. The molecule has 1 aromatic heterocycles. The topological polar surface area (TPSA) is 75.1 Å². The van der Waals surface area contributed by atoms with E-state index in [0.29, 0.717) is 21.8 Å². The van der Waals surface area contributed by atoms with Gasteiger partial charge < -0.3 is 10.4 Å². The summed E-state index contributed by atoms with van der Waals surface area (Å²) in [6.45, 7) is -0.261. The number of aromatic nitrogens is 2. The van der Waals surface area contributed by atoms with E-state index in [9.17, 15) is 4.79 Å². The first-order chi connectivity index (χ1) is 9.70. The molecule has 0 aliphatic rings. The summed E-state index contributed by atoms with van der Waals surface area (Å²) < 4.78 is 0. The number of rotatable bonds is 2. The van der Waals surface area contributed by atoms with Gasteiger partial charge in [0.1, 0.15) is 12.9 Å². The van der Waals surface area contributed by atoms with Crippen molar-refractivity contribution in [2.75, 3.05) is 11.9 Å². The summed E-state index contributed by atoms with van der Waals surface area (Å²) in [7, 11) is 0. The molecule has 0 spiro atoms. The van der Waals surface area contributed by atoms with Gasteiger partial charge in [-0.3, -0.25) is 4.79 Å². The third-order valence-corrected chi connectivity index (χ3v) is 2.59. The van der Waals surface area contributed by atoms with E-state index in [0.717, 1.165) is 0 Å². The van der Waals surface area contributed by atoms with Crippen LogP contribution in [-0.4, -0.2) is 27.6 Å². The predicted octanol–water partition coefficient (Wildman–Crippen LogP) is 1.73. The Balaban J connectivity index is 2.28. The molecule has 0 bridgehead atoms. The minimum atomic E-state index is -0.361. The van der Waals surface area contributed by atoms with Crippen molar-refractivity contribution < 1.29 is 9.90 Å². The van der Waals surface area contributed by atoms with Crippen LogP contribution in [0.4, 0.5) is 5.69 Å². The van der Waals surface area contributed by atoms with Crippen LogP contribution in [-0.2, 0) is 0 Å². The molecule has 0 aliphatic heterocycles. The highest BCUT2D eigenvalue weighted by molar-refractivity contribution is 6.31. The fourth-order valence-electron chi connectivity index (χ4n) is 1.47. The van der Waals surface area contributed by atoms with E-state index in [1.54, 1.807) is 18.2 Å². The molecule has 2 N–H and O–H groups in total. The van der Waals surface area contributed by atoms with Crippen LogP contribution < -0.4 is 5.32 Å². The van der Waals surface area contributed by atoms with E-state index in [1.165, 1.54) is 18.7 Å². The number of aliphatic hydroxyl groups excluding tert-OH is 1. The van der Waals surface area contributed by atoms with Crippen molar-refractivity contribution >= 4 is 23.2 Å². The Morgan fingerprint density at radius 1 is 1.35 bits per heavy atom. The van der Waals surface area contributed by atoms with Gasteiger partial charge in [0.25, 0.3) is 5.91 Å². The van der Waals surface area contributed by atoms with Crippen LogP contribution in [0.2, 0.25) is 5.02 Å². The molecule has 100 valence electrons. The largest absolute Gasteiger partial charge is 0.384 e. The van der Waals surface area contributed by atoms with E-state index >= 15 is 0 Å². The lowest BCUT2D eigenvalue weighted by Crippen LogP contribution is -2.13. The molecule has 0 unspecified atom stereocenters. The van der Waals surface area contributed by atoms with Gasteiger partial charge in [-0.2, -0.15) is 0 Å². The zero-order chi connectivity index (χ0) is 14.4. The lowest BCUT2D eigenvalue weighted by Gasteiger charge is -2.07. The van der Waals surface area contributed by atoms with Crippen LogP contribution in [0.1, 0.15) is 15.9 Å². The summed E-state index contributed by atoms with van der Waals surface area (Å²) in [5.74, 6) is 4.91. The molecule has 0 fully saturated rings. The van der Waals surface area contributed by atoms with E-state index in [-0.39, 0.29) is 12.5 Å². The van der Waals surface area contributed by atoms with E-state index in [1.807, 2.05) is 0 Å². The van der Waals surface area contributed by atoms with Gasteiger partial charge in [-0.25, -0.2) is 9.97 Å². The van der Waals surface area contributed by atoms with Gasteiger partial charge in [0.15, 0.2) is 0 Å². The Morgan fingerprint density at radius 3 is 2.80 bits per heavy atom. The molecule has 1 amide bonds. The molecule has 1 heterocycles. The number of aliphatic hydroxyl groups is 1. The second kappa shape index (κ2) is 6.66. The third kappa shape index (κ3) is 3.54. The maximum Gasteiger partial charge on any atom is 0.258 e. The summed E-state index contributed by atoms with van der Waals surface area (Å²) >= 11 is 5.91. The van der Waals surface area contributed by atoms with Crippen molar-refractivity contribution in [1.82, 2.24) is 9.97 Å². The van der Waals surface area contributed by atoms with Crippen molar-refractivity contribution in [3.63, 3.8) is 0 Å². The minimum Gasteiger partial charge on any atom is -0.384 e. The Morgan fingerprint density at radius 2 is 2.10 bits per heavy atom. The molecule has 0 saturated heterocycles. The second-order valence-electron chi connectivity index (χ2n) is 3.73. The lowest BCUT2D eigenvalue weighted by atomic mass is 10.1. The van der Waals surface area contributed by atoms with Crippen LogP contribution in [0.15, 0.2) is 36.9 Å². The van der Waals surface area contributed by atoms with Crippen LogP contribution in [0.3, 0.4) is 0 Å². The highest BCUT2D eigenvalue weighted by Gasteiger charge is 2.09. The van der Waals surface area contributed by atoms with Gasteiger partial charge in [0, 0.05) is 23.0 Å². The maximum absolute atomic E-state index is 12.0. The smallest absolute Gasteiger partial charge is 0.258 e. The number of nitrogens with zero attached hydrogens (tertiary/aromatic N) is 2. The highest BCUT2D eigenvalue weighted by Crippen LogP contribution is 2.21. The average molecular weight is 288 g/mol. The molecule has 0 saturated carbocycles. The number of benzene rings is 1. The van der Waals surface area contributed by atoms with Crippen molar-refractivity contribution in [3.8, 4) is 11.8 Å². The van der Waals surface area contributed by atoms with Crippen LogP contribution in [0, 0.1) is 11.8 Å². The number of hydrogen-bond donors (Lipinski definition) is 2. The van der Waals surface area contributed by atoms with Gasteiger partial charge in [-0.15, -0.1) is 0 Å². The van der Waals surface area contributed by atoms with Crippen molar-refractivity contribution in [2.24, 2.45) is 0 Å². The first kappa shape index (κ1) is 14.0. The molecule has 0 atom stereocenters. The number of carbonyl (C=O) groups excluding carboxylic acids is 1. The normalized spacial score (nSPS) is 9.50. The molecule has 6 heteroatoms. The van der Waals surface area contributed by atoms with Gasteiger partial charge in [-0.05, 0) is 18.2 Å². The average Bonchev–Trinajstić information content (AvgIpc) is 2.47.